The van der Waals surface area contributed by atoms with E-state index in [1.165, 1.54) is 10.9 Å². The van der Waals surface area contributed by atoms with Gasteiger partial charge in [0.2, 0.25) is 6.79 Å². The van der Waals surface area contributed by atoms with E-state index in [1.807, 2.05) is 35.2 Å². The summed E-state index contributed by atoms with van der Waals surface area (Å²) in [7, 11) is 1.66. The first-order valence-corrected chi connectivity index (χ1v) is 10.7. The highest BCUT2D eigenvalue weighted by atomic mass is 16.7. The molecular formula is C26H22N2O4. The Hall–Kier alpha value is -3.93. The SMILES string of the molecule is COc1ccccc1[C@H]1c2[nH]c3ccccc3c2CCN1C(=O)c1ccc2c(c1)OCO2. The van der Waals surface area contributed by atoms with Gasteiger partial charge in [-0.1, -0.05) is 36.4 Å². The summed E-state index contributed by atoms with van der Waals surface area (Å²) in [5.41, 5.74) is 4.90. The summed E-state index contributed by atoms with van der Waals surface area (Å²) in [5, 5.41) is 1.21. The molecule has 0 saturated carbocycles. The minimum atomic E-state index is -0.291. The molecule has 1 N–H and O–H groups in total. The minimum Gasteiger partial charge on any atom is -0.496 e. The number of nitrogens with one attached hydrogen (secondary N) is 1. The lowest BCUT2D eigenvalue weighted by Crippen LogP contribution is -2.40. The van der Waals surface area contributed by atoms with Crippen molar-refractivity contribution in [2.24, 2.45) is 0 Å². The van der Waals surface area contributed by atoms with E-state index in [9.17, 15) is 4.79 Å². The number of ether oxygens (including phenoxy) is 3. The summed E-state index contributed by atoms with van der Waals surface area (Å²) in [6.07, 6.45) is 0.779. The molecule has 2 aliphatic heterocycles. The molecular weight excluding hydrogens is 404 g/mol. The summed E-state index contributed by atoms with van der Waals surface area (Å²) in [4.78, 5) is 19.3. The number of H-pyrrole nitrogens is 1. The molecule has 0 aliphatic carbocycles. The second-order valence-electron chi connectivity index (χ2n) is 8.02. The van der Waals surface area contributed by atoms with Gasteiger partial charge in [-0.15, -0.1) is 0 Å². The van der Waals surface area contributed by atoms with Gasteiger partial charge >= 0.3 is 0 Å². The highest BCUT2D eigenvalue weighted by molar-refractivity contribution is 5.96. The molecule has 3 heterocycles. The number of aromatic nitrogens is 1. The normalized spacial score (nSPS) is 16.8. The van der Waals surface area contributed by atoms with Crippen molar-refractivity contribution in [3.8, 4) is 17.2 Å². The molecule has 0 bridgehead atoms. The lowest BCUT2D eigenvalue weighted by molar-refractivity contribution is 0.0689. The summed E-state index contributed by atoms with van der Waals surface area (Å²) < 4.78 is 16.6. The van der Waals surface area contributed by atoms with Crippen LogP contribution in [0.5, 0.6) is 17.2 Å². The molecule has 0 spiro atoms. The van der Waals surface area contributed by atoms with Gasteiger partial charge in [0.15, 0.2) is 11.5 Å². The van der Waals surface area contributed by atoms with E-state index in [0.29, 0.717) is 23.6 Å². The largest absolute Gasteiger partial charge is 0.496 e. The second-order valence-corrected chi connectivity index (χ2v) is 8.02. The number of fused-ring (bicyclic) bond motifs is 4. The van der Waals surface area contributed by atoms with Crippen molar-refractivity contribution in [1.82, 2.24) is 9.88 Å². The van der Waals surface area contributed by atoms with Crippen molar-refractivity contribution in [2.75, 3.05) is 20.4 Å². The topological polar surface area (TPSA) is 63.8 Å². The van der Waals surface area contributed by atoms with Crippen LogP contribution in [0.4, 0.5) is 0 Å². The maximum Gasteiger partial charge on any atom is 0.254 e. The van der Waals surface area contributed by atoms with Gasteiger partial charge in [-0.2, -0.15) is 0 Å². The van der Waals surface area contributed by atoms with Crippen LogP contribution in [0.3, 0.4) is 0 Å². The fourth-order valence-electron chi connectivity index (χ4n) is 4.87. The van der Waals surface area contributed by atoms with Gasteiger partial charge in [-0.05, 0) is 42.3 Å². The maximum absolute atomic E-state index is 13.8. The highest BCUT2D eigenvalue weighted by Crippen LogP contribution is 2.42. The third-order valence-electron chi connectivity index (χ3n) is 6.35. The minimum absolute atomic E-state index is 0.0523. The number of carbonyl (C=O) groups is 1. The van der Waals surface area contributed by atoms with E-state index < -0.39 is 0 Å². The Balaban J connectivity index is 1.50. The Morgan fingerprint density at radius 1 is 1.03 bits per heavy atom. The Kier molecular flexibility index (Phi) is 4.31. The number of para-hydroxylation sites is 2. The third kappa shape index (κ3) is 2.83. The summed E-state index contributed by atoms with van der Waals surface area (Å²) >= 11 is 0. The zero-order valence-corrected chi connectivity index (χ0v) is 17.6. The molecule has 2 aliphatic rings. The Morgan fingerprint density at radius 2 is 1.84 bits per heavy atom. The summed E-state index contributed by atoms with van der Waals surface area (Å²) in [6.45, 7) is 0.782. The number of benzene rings is 3. The van der Waals surface area contributed by atoms with Crippen molar-refractivity contribution in [1.29, 1.82) is 0 Å². The fourth-order valence-corrected chi connectivity index (χ4v) is 4.87. The Labute approximate surface area is 185 Å². The Bertz CT molecular complexity index is 1340. The number of aromatic amines is 1. The molecule has 1 atom stereocenters. The number of hydrogen-bond donors (Lipinski definition) is 1. The van der Waals surface area contributed by atoms with Crippen molar-refractivity contribution in [3.05, 3.63) is 89.1 Å². The molecule has 32 heavy (non-hydrogen) atoms. The van der Waals surface area contributed by atoms with Gasteiger partial charge in [0, 0.05) is 34.3 Å². The van der Waals surface area contributed by atoms with E-state index in [4.69, 9.17) is 14.2 Å². The Morgan fingerprint density at radius 3 is 2.75 bits per heavy atom. The lowest BCUT2D eigenvalue weighted by Gasteiger charge is -2.37. The van der Waals surface area contributed by atoms with Crippen LogP contribution in [0.1, 0.15) is 33.2 Å². The molecule has 0 unspecified atom stereocenters. The molecule has 0 radical (unpaired) electrons. The first-order chi connectivity index (χ1) is 15.7. The van der Waals surface area contributed by atoms with Crippen LogP contribution in [0.15, 0.2) is 66.7 Å². The van der Waals surface area contributed by atoms with Crippen LogP contribution < -0.4 is 14.2 Å². The van der Waals surface area contributed by atoms with Gasteiger partial charge in [0.1, 0.15) is 11.8 Å². The first-order valence-electron chi connectivity index (χ1n) is 10.7. The van der Waals surface area contributed by atoms with Crippen LogP contribution in [0, 0.1) is 0 Å². The molecule has 160 valence electrons. The van der Waals surface area contributed by atoms with E-state index in [0.717, 1.165) is 28.9 Å². The number of hydrogen-bond acceptors (Lipinski definition) is 4. The molecule has 4 aromatic rings. The molecule has 6 rings (SSSR count). The predicted molar refractivity (Wildman–Crippen MR) is 120 cm³/mol. The average Bonchev–Trinajstić information content (AvgIpc) is 3.46. The summed E-state index contributed by atoms with van der Waals surface area (Å²) in [6, 6.07) is 21.3. The lowest BCUT2D eigenvalue weighted by atomic mass is 9.91. The van der Waals surface area contributed by atoms with E-state index in [2.05, 4.69) is 23.2 Å². The molecule has 6 nitrogen and oxygen atoms in total. The van der Waals surface area contributed by atoms with E-state index in [-0.39, 0.29) is 18.7 Å². The second kappa shape index (κ2) is 7.34. The average molecular weight is 426 g/mol. The van der Waals surface area contributed by atoms with E-state index >= 15 is 0 Å². The zero-order chi connectivity index (χ0) is 21.7. The smallest absolute Gasteiger partial charge is 0.254 e. The molecule has 6 heteroatoms. The number of carbonyl (C=O) groups excluding carboxylic acids is 1. The van der Waals surface area contributed by atoms with Crippen LogP contribution in [0.25, 0.3) is 10.9 Å². The van der Waals surface area contributed by atoms with Gasteiger partial charge in [-0.3, -0.25) is 4.79 Å². The van der Waals surface area contributed by atoms with Crippen molar-refractivity contribution < 1.29 is 19.0 Å². The first kappa shape index (κ1) is 18.8. The fraction of sp³-hybridized carbons (Fsp3) is 0.192. The van der Waals surface area contributed by atoms with Gasteiger partial charge in [-0.25, -0.2) is 0 Å². The van der Waals surface area contributed by atoms with Crippen LogP contribution in [-0.2, 0) is 6.42 Å². The number of amides is 1. The third-order valence-corrected chi connectivity index (χ3v) is 6.35. The van der Waals surface area contributed by atoms with Crippen molar-refractivity contribution in [2.45, 2.75) is 12.5 Å². The molecule has 1 amide bonds. The van der Waals surface area contributed by atoms with Crippen LogP contribution in [-0.4, -0.2) is 36.2 Å². The van der Waals surface area contributed by atoms with E-state index in [1.54, 1.807) is 25.3 Å². The highest BCUT2D eigenvalue weighted by Gasteiger charge is 2.36. The summed E-state index contributed by atoms with van der Waals surface area (Å²) in [5.74, 6) is 1.98. The van der Waals surface area contributed by atoms with Gasteiger partial charge in [0.05, 0.1) is 7.11 Å². The molecule has 1 aromatic heterocycles. The van der Waals surface area contributed by atoms with Crippen LogP contribution >= 0.6 is 0 Å². The monoisotopic (exact) mass is 426 g/mol. The number of nitrogens with zero attached hydrogens (tertiary/aromatic N) is 1. The maximum atomic E-state index is 13.8. The van der Waals surface area contributed by atoms with Crippen molar-refractivity contribution >= 4 is 16.8 Å². The standard InChI is InChI=1S/C26H22N2O4/c1-30-21-9-5-3-7-19(21)25-24-18(17-6-2-4-8-20(17)27-24)12-13-28(25)26(29)16-10-11-22-23(14-16)32-15-31-22/h2-11,14,25,27H,12-13,15H2,1H3/t25-/m0/s1. The van der Waals surface area contributed by atoms with Crippen molar-refractivity contribution in [3.63, 3.8) is 0 Å². The zero-order valence-electron chi connectivity index (χ0n) is 17.6. The van der Waals surface area contributed by atoms with Crippen LogP contribution in [0.2, 0.25) is 0 Å². The number of methoxy groups -OCH3 is 1. The number of rotatable bonds is 3. The predicted octanol–water partition coefficient (Wildman–Crippen LogP) is 4.69. The molecule has 0 saturated heterocycles. The quantitative estimate of drug-likeness (QED) is 0.516. The molecule has 3 aromatic carbocycles. The van der Waals surface area contributed by atoms with Gasteiger partial charge < -0.3 is 24.1 Å². The van der Waals surface area contributed by atoms with Gasteiger partial charge in [0.25, 0.3) is 5.91 Å². The molecule has 0 fully saturated rings.